The van der Waals surface area contributed by atoms with Crippen LogP contribution in [0.5, 0.6) is 0 Å². The minimum Gasteiger partial charge on any atom is -0.354 e. The van der Waals surface area contributed by atoms with Gasteiger partial charge in [0.15, 0.2) is 0 Å². The van der Waals surface area contributed by atoms with E-state index in [9.17, 15) is 4.79 Å². The van der Waals surface area contributed by atoms with E-state index in [0.717, 1.165) is 22.6 Å². The second kappa shape index (κ2) is 8.90. The number of thiophene rings is 1. The number of nitrogens with one attached hydrogen (secondary N) is 1. The maximum absolute atomic E-state index is 12.6. The Morgan fingerprint density at radius 3 is 2.57 bits per heavy atom. The van der Waals surface area contributed by atoms with Crippen molar-refractivity contribution in [1.82, 2.24) is 20.0 Å². The first kappa shape index (κ1) is 20.6. The molecule has 3 aromatic rings. The zero-order valence-corrected chi connectivity index (χ0v) is 18.1. The molecule has 1 amide bonds. The molecule has 1 unspecified atom stereocenters. The summed E-state index contributed by atoms with van der Waals surface area (Å²) in [6.45, 7) is 4.51. The molecule has 3 rings (SSSR count). The summed E-state index contributed by atoms with van der Waals surface area (Å²) >= 11 is 7.68. The van der Waals surface area contributed by atoms with Gasteiger partial charge in [-0.25, -0.2) is 4.68 Å². The number of carbonyl (C=O) groups excluding carboxylic acids is 1. The fourth-order valence-electron chi connectivity index (χ4n) is 3.22. The molecule has 2 aromatic heterocycles. The van der Waals surface area contributed by atoms with Gasteiger partial charge in [-0.1, -0.05) is 17.7 Å². The molecular formula is C21H25ClN4OS. The third-order valence-corrected chi connectivity index (χ3v) is 6.06. The molecule has 5 nitrogen and oxygen atoms in total. The number of halogens is 1. The first-order valence-corrected chi connectivity index (χ1v) is 10.4. The molecule has 1 N–H and O–H groups in total. The number of hydrogen-bond acceptors (Lipinski definition) is 4. The quantitative estimate of drug-likeness (QED) is 0.629. The molecule has 0 aliphatic rings. The Kier molecular flexibility index (Phi) is 6.54. The summed E-state index contributed by atoms with van der Waals surface area (Å²) in [4.78, 5) is 16.0. The van der Waals surface area contributed by atoms with Crippen molar-refractivity contribution in [2.75, 3.05) is 20.6 Å². The number of benzene rings is 1. The number of nitrogens with zero attached hydrogens (tertiary/aromatic N) is 3. The van der Waals surface area contributed by atoms with Crippen molar-refractivity contribution < 1.29 is 4.79 Å². The van der Waals surface area contributed by atoms with Crippen LogP contribution < -0.4 is 5.32 Å². The molecule has 1 atom stereocenters. The molecule has 28 heavy (non-hydrogen) atoms. The maximum Gasteiger partial charge on any atom is 0.224 e. The summed E-state index contributed by atoms with van der Waals surface area (Å²) < 4.78 is 1.86. The number of aryl methyl sites for hydroxylation is 1. The smallest absolute Gasteiger partial charge is 0.224 e. The lowest BCUT2D eigenvalue weighted by atomic mass is 10.1. The number of aromatic nitrogens is 2. The van der Waals surface area contributed by atoms with Crippen molar-refractivity contribution >= 4 is 28.8 Å². The molecule has 0 spiro atoms. The van der Waals surface area contributed by atoms with Gasteiger partial charge in [0.25, 0.3) is 0 Å². The summed E-state index contributed by atoms with van der Waals surface area (Å²) in [6, 6.07) is 11.8. The predicted octanol–water partition coefficient (Wildman–Crippen LogP) is 4.17. The zero-order valence-electron chi connectivity index (χ0n) is 16.6. The van der Waals surface area contributed by atoms with Gasteiger partial charge in [0, 0.05) is 27.7 Å². The minimum atomic E-state index is 0.00487. The lowest BCUT2D eigenvalue weighted by Crippen LogP contribution is -2.35. The van der Waals surface area contributed by atoms with Crippen molar-refractivity contribution in [1.29, 1.82) is 0 Å². The SMILES string of the molecule is Cc1nn(-c2ccc(Cl)cc2)c(C)c1CC(=O)NCC(c1cccs1)N(C)C. The van der Waals surface area contributed by atoms with E-state index in [2.05, 4.69) is 26.8 Å². The van der Waals surface area contributed by atoms with Gasteiger partial charge in [-0.3, -0.25) is 4.79 Å². The monoisotopic (exact) mass is 416 g/mol. The van der Waals surface area contributed by atoms with Crippen molar-refractivity contribution in [3.8, 4) is 5.69 Å². The van der Waals surface area contributed by atoms with E-state index in [1.807, 2.05) is 63.0 Å². The largest absolute Gasteiger partial charge is 0.354 e. The molecule has 0 aliphatic carbocycles. The normalized spacial score (nSPS) is 12.4. The summed E-state index contributed by atoms with van der Waals surface area (Å²) in [5.41, 5.74) is 3.73. The van der Waals surface area contributed by atoms with Gasteiger partial charge in [-0.15, -0.1) is 11.3 Å². The fraction of sp³-hybridized carbons (Fsp3) is 0.333. The van der Waals surface area contributed by atoms with Crippen molar-refractivity contribution in [3.63, 3.8) is 0 Å². The lowest BCUT2D eigenvalue weighted by Gasteiger charge is -2.23. The van der Waals surface area contributed by atoms with Crippen LogP contribution in [0.1, 0.15) is 27.9 Å². The summed E-state index contributed by atoms with van der Waals surface area (Å²) in [5.74, 6) is 0.00487. The first-order valence-electron chi connectivity index (χ1n) is 9.14. The van der Waals surface area contributed by atoms with Crippen LogP contribution in [0.4, 0.5) is 0 Å². The van der Waals surface area contributed by atoms with Crippen LogP contribution in [-0.2, 0) is 11.2 Å². The fourth-order valence-corrected chi connectivity index (χ4v) is 4.27. The Bertz CT molecular complexity index is 932. The molecule has 0 radical (unpaired) electrons. The highest BCUT2D eigenvalue weighted by molar-refractivity contribution is 7.10. The minimum absolute atomic E-state index is 0.00487. The van der Waals surface area contributed by atoms with Crippen molar-refractivity contribution in [2.45, 2.75) is 26.3 Å². The molecule has 0 saturated heterocycles. The molecule has 0 aliphatic heterocycles. The summed E-state index contributed by atoms with van der Waals surface area (Å²) in [5, 5.41) is 10.4. The second-order valence-electron chi connectivity index (χ2n) is 7.01. The van der Waals surface area contributed by atoms with Gasteiger partial charge in [-0.05, 0) is 63.7 Å². The maximum atomic E-state index is 12.6. The van der Waals surface area contributed by atoms with E-state index in [4.69, 9.17) is 11.6 Å². The van der Waals surface area contributed by atoms with Gasteiger partial charge < -0.3 is 10.2 Å². The van der Waals surface area contributed by atoms with Crippen LogP contribution in [0.2, 0.25) is 5.02 Å². The average molecular weight is 417 g/mol. The standard InChI is InChI=1S/C21H25ClN4OS/c1-14-18(15(2)26(24-14)17-9-7-16(22)8-10-17)12-21(27)23-13-19(25(3)4)20-6-5-11-28-20/h5-11,19H,12-13H2,1-4H3,(H,23,27). The Labute approximate surface area is 174 Å². The average Bonchev–Trinajstić information content (AvgIpc) is 3.27. The highest BCUT2D eigenvalue weighted by Gasteiger charge is 2.19. The van der Waals surface area contributed by atoms with Gasteiger partial charge >= 0.3 is 0 Å². The molecule has 2 heterocycles. The molecule has 1 aromatic carbocycles. The Morgan fingerprint density at radius 1 is 1.25 bits per heavy atom. The van der Waals surface area contributed by atoms with Crippen LogP contribution in [0.25, 0.3) is 5.69 Å². The van der Waals surface area contributed by atoms with E-state index >= 15 is 0 Å². The van der Waals surface area contributed by atoms with E-state index in [1.54, 1.807) is 11.3 Å². The number of amides is 1. The molecule has 0 bridgehead atoms. The number of rotatable bonds is 7. The van der Waals surface area contributed by atoms with Crippen LogP contribution in [-0.4, -0.2) is 41.2 Å². The van der Waals surface area contributed by atoms with Crippen molar-refractivity contribution in [3.05, 3.63) is 68.6 Å². The van der Waals surface area contributed by atoms with E-state index in [0.29, 0.717) is 18.0 Å². The molecule has 0 saturated carbocycles. The van der Waals surface area contributed by atoms with Crippen LogP contribution in [0.15, 0.2) is 41.8 Å². The van der Waals surface area contributed by atoms with E-state index < -0.39 is 0 Å². The van der Waals surface area contributed by atoms with Gasteiger partial charge in [0.2, 0.25) is 5.91 Å². The highest BCUT2D eigenvalue weighted by atomic mass is 35.5. The topological polar surface area (TPSA) is 50.2 Å². The summed E-state index contributed by atoms with van der Waals surface area (Å²) in [6.07, 6.45) is 0.315. The number of carbonyl (C=O) groups is 1. The van der Waals surface area contributed by atoms with Gasteiger partial charge in [-0.2, -0.15) is 5.10 Å². The van der Waals surface area contributed by atoms with E-state index in [-0.39, 0.29) is 11.9 Å². The summed E-state index contributed by atoms with van der Waals surface area (Å²) in [7, 11) is 4.06. The number of likely N-dealkylation sites (N-methyl/N-ethyl adjacent to an activating group) is 1. The van der Waals surface area contributed by atoms with Crippen molar-refractivity contribution in [2.24, 2.45) is 0 Å². The molecule has 148 valence electrons. The first-order chi connectivity index (χ1) is 13.4. The third kappa shape index (κ3) is 4.63. The molecule has 7 heteroatoms. The molecular weight excluding hydrogens is 392 g/mol. The Balaban J connectivity index is 1.69. The van der Waals surface area contributed by atoms with Gasteiger partial charge in [0.05, 0.1) is 23.8 Å². The van der Waals surface area contributed by atoms with Gasteiger partial charge in [0.1, 0.15) is 0 Å². The van der Waals surface area contributed by atoms with Crippen LogP contribution in [0, 0.1) is 13.8 Å². The second-order valence-corrected chi connectivity index (χ2v) is 8.43. The Hall–Kier alpha value is -2.15. The van der Waals surface area contributed by atoms with E-state index in [1.165, 1.54) is 4.88 Å². The Morgan fingerprint density at radius 2 is 1.96 bits per heavy atom. The lowest BCUT2D eigenvalue weighted by molar-refractivity contribution is -0.120. The highest BCUT2D eigenvalue weighted by Crippen LogP contribution is 2.23. The van der Waals surface area contributed by atoms with Crippen LogP contribution in [0.3, 0.4) is 0 Å². The number of hydrogen-bond donors (Lipinski definition) is 1. The van der Waals surface area contributed by atoms with Crippen LogP contribution >= 0.6 is 22.9 Å². The zero-order chi connectivity index (χ0) is 20.3. The third-order valence-electron chi connectivity index (χ3n) is 4.84. The molecule has 0 fully saturated rings. The predicted molar refractivity (Wildman–Crippen MR) is 116 cm³/mol.